The van der Waals surface area contributed by atoms with Crippen molar-refractivity contribution in [1.82, 2.24) is 5.32 Å². The minimum atomic E-state index is 0.694. The first-order chi connectivity index (χ1) is 7.84. The van der Waals surface area contributed by atoms with E-state index in [2.05, 4.69) is 19.2 Å². The van der Waals surface area contributed by atoms with Crippen molar-refractivity contribution >= 4 is 0 Å². The van der Waals surface area contributed by atoms with E-state index in [0.29, 0.717) is 6.04 Å². The normalized spacial score (nSPS) is 20.6. The van der Waals surface area contributed by atoms with Crippen LogP contribution in [0.25, 0.3) is 0 Å². The lowest BCUT2D eigenvalue weighted by atomic mass is 9.93. The van der Waals surface area contributed by atoms with Gasteiger partial charge in [0.15, 0.2) is 0 Å². The minimum absolute atomic E-state index is 0.694. The molecule has 0 spiro atoms. The molecule has 0 heterocycles. The first kappa shape index (κ1) is 14.0. The Balaban J connectivity index is 2.05. The predicted octanol–water partition coefficient (Wildman–Crippen LogP) is 3.36. The second kappa shape index (κ2) is 9.00. The van der Waals surface area contributed by atoms with Gasteiger partial charge >= 0.3 is 0 Å². The number of ether oxygens (including phenoxy) is 1. The van der Waals surface area contributed by atoms with Gasteiger partial charge in [-0.3, -0.25) is 0 Å². The van der Waals surface area contributed by atoms with Gasteiger partial charge in [-0.15, -0.1) is 0 Å². The molecule has 1 aliphatic rings. The lowest BCUT2D eigenvalue weighted by molar-refractivity contribution is 0.143. The number of hydrogen-bond donors (Lipinski definition) is 1. The van der Waals surface area contributed by atoms with Gasteiger partial charge in [0.05, 0.1) is 0 Å². The van der Waals surface area contributed by atoms with Gasteiger partial charge in [0.1, 0.15) is 0 Å². The zero-order chi connectivity index (χ0) is 11.6. The molecule has 0 aromatic carbocycles. The van der Waals surface area contributed by atoms with E-state index in [1.165, 1.54) is 38.5 Å². The Kier molecular flexibility index (Phi) is 7.87. The van der Waals surface area contributed by atoms with Crippen LogP contribution in [0.5, 0.6) is 0 Å². The first-order valence-electron chi connectivity index (χ1n) is 7.15. The Morgan fingerprint density at radius 1 is 1.19 bits per heavy atom. The maximum absolute atomic E-state index is 5.34. The summed E-state index contributed by atoms with van der Waals surface area (Å²) in [6.45, 7) is 7.27. The third-order valence-electron chi connectivity index (χ3n) is 3.74. The van der Waals surface area contributed by atoms with Crippen molar-refractivity contribution in [3.8, 4) is 0 Å². The van der Waals surface area contributed by atoms with Crippen LogP contribution in [0, 0.1) is 5.92 Å². The molecule has 0 aliphatic heterocycles. The summed E-state index contributed by atoms with van der Waals surface area (Å²) in [6, 6.07) is 0.694. The molecule has 0 saturated heterocycles. The molecule has 0 aromatic rings. The van der Waals surface area contributed by atoms with Gasteiger partial charge in [-0.05, 0) is 45.6 Å². The molecule has 16 heavy (non-hydrogen) atoms. The van der Waals surface area contributed by atoms with E-state index in [0.717, 1.165) is 32.1 Å². The Labute approximate surface area is 101 Å². The monoisotopic (exact) mass is 227 g/mol. The molecule has 1 fully saturated rings. The summed E-state index contributed by atoms with van der Waals surface area (Å²) in [5.41, 5.74) is 0. The largest absolute Gasteiger partial charge is 0.382 e. The fourth-order valence-electron chi connectivity index (χ4n) is 2.63. The number of nitrogens with one attached hydrogen (secondary N) is 1. The third-order valence-corrected chi connectivity index (χ3v) is 3.74. The Morgan fingerprint density at radius 3 is 2.50 bits per heavy atom. The maximum atomic E-state index is 5.34. The third kappa shape index (κ3) is 5.86. The molecule has 0 radical (unpaired) electrons. The quantitative estimate of drug-likeness (QED) is 0.532. The molecule has 1 rings (SSSR count). The van der Waals surface area contributed by atoms with Gasteiger partial charge in [0, 0.05) is 19.3 Å². The average Bonchev–Trinajstić information content (AvgIpc) is 2.57. The molecule has 1 aliphatic carbocycles. The van der Waals surface area contributed by atoms with Crippen molar-refractivity contribution < 1.29 is 4.74 Å². The molecular weight excluding hydrogens is 198 g/mol. The molecule has 0 amide bonds. The molecule has 1 atom stereocenters. The van der Waals surface area contributed by atoms with Gasteiger partial charge in [-0.1, -0.05) is 25.7 Å². The minimum Gasteiger partial charge on any atom is -0.382 e. The fourth-order valence-corrected chi connectivity index (χ4v) is 2.63. The van der Waals surface area contributed by atoms with Crippen molar-refractivity contribution in [2.75, 3.05) is 19.8 Å². The molecule has 2 nitrogen and oxygen atoms in total. The van der Waals surface area contributed by atoms with Crippen LogP contribution in [0.2, 0.25) is 0 Å². The Bertz CT molecular complexity index is 153. The van der Waals surface area contributed by atoms with Crippen molar-refractivity contribution in [3.05, 3.63) is 0 Å². The Morgan fingerprint density at radius 2 is 1.88 bits per heavy atom. The van der Waals surface area contributed by atoms with E-state index in [1.54, 1.807) is 0 Å². The molecule has 96 valence electrons. The second-order valence-electron chi connectivity index (χ2n) is 5.04. The van der Waals surface area contributed by atoms with Crippen LogP contribution < -0.4 is 5.32 Å². The van der Waals surface area contributed by atoms with E-state index in [-0.39, 0.29) is 0 Å². The van der Waals surface area contributed by atoms with Gasteiger partial charge in [0.2, 0.25) is 0 Å². The zero-order valence-electron chi connectivity index (χ0n) is 11.1. The smallest absolute Gasteiger partial charge is 0.0477 e. The highest BCUT2D eigenvalue weighted by Gasteiger charge is 2.17. The van der Waals surface area contributed by atoms with Crippen LogP contribution in [0.1, 0.15) is 58.8 Å². The highest BCUT2D eigenvalue weighted by molar-refractivity contribution is 4.74. The van der Waals surface area contributed by atoms with Crippen LogP contribution in [-0.2, 0) is 4.74 Å². The van der Waals surface area contributed by atoms with Crippen molar-refractivity contribution in [2.45, 2.75) is 64.8 Å². The summed E-state index contributed by atoms with van der Waals surface area (Å²) >= 11 is 0. The highest BCUT2D eigenvalue weighted by Crippen LogP contribution is 2.25. The van der Waals surface area contributed by atoms with Crippen molar-refractivity contribution in [1.29, 1.82) is 0 Å². The lowest BCUT2D eigenvalue weighted by Gasteiger charge is -2.23. The Hall–Kier alpha value is -0.0800. The number of hydrogen-bond acceptors (Lipinski definition) is 2. The van der Waals surface area contributed by atoms with Gasteiger partial charge < -0.3 is 10.1 Å². The topological polar surface area (TPSA) is 21.3 Å². The highest BCUT2D eigenvalue weighted by atomic mass is 16.5. The van der Waals surface area contributed by atoms with Crippen LogP contribution in [-0.4, -0.2) is 25.8 Å². The van der Waals surface area contributed by atoms with E-state index in [9.17, 15) is 0 Å². The molecule has 2 heteroatoms. The lowest BCUT2D eigenvalue weighted by Crippen LogP contribution is -2.34. The summed E-state index contributed by atoms with van der Waals surface area (Å²) in [4.78, 5) is 0. The molecule has 1 N–H and O–H groups in total. The van der Waals surface area contributed by atoms with Crippen molar-refractivity contribution in [3.63, 3.8) is 0 Å². The van der Waals surface area contributed by atoms with Crippen LogP contribution in [0.4, 0.5) is 0 Å². The van der Waals surface area contributed by atoms with Crippen LogP contribution in [0.3, 0.4) is 0 Å². The zero-order valence-corrected chi connectivity index (χ0v) is 11.1. The maximum Gasteiger partial charge on any atom is 0.0477 e. The first-order valence-corrected chi connectivity index (χ1v) is 7.15. The summed E-state index contributed by atoms with van der Waals surface area (Å²) in [5.74, 6) is 0.912. The second-order valence-corrected chi connectivity index (χ2v) is 5.04. The summed E-state index contributed by atoms with van der Waals surface area (Å²) in [6.07, 6.45) is 9.79. The van der Waals surface area contributed by atoms with E-state index >= 15 is 0 Å². The number of rotatable bonds is 7. The molecule has 0 bridgehead atoms. The molecular formula is C14H29NO. The van der Waals surface area contributed by atoms with Gasteiger partial charge in [-0.25, -0.2) is 0 Å². The van der Waals surface area contributed by atoms with E-state index in [4.69, 9.17) is 4.74 Å². The molecule has 1 saturated carbocycles. The molecule has 0 aromatic heterocycles. The fraction of sp³-hybridized carbons (Fsp3) is 1.00. The van der Waals surface area contributed by atoms with Crippen LogP contribution >= 0.6 is 0 Å². The molecule has 0 unspecified atom stereocenters. The summed E-state index contributed by atoms with van der Waals surface area (Å²) in [5, 5.41) is 3.66. The van der Waals surface area contributed by atoms with Crippen LogP contribution in [0.15, 0.2) is 0 Å². The van der Waals surface area contributed by atoms with E-state index in [1.807, 2.05) is 0 Å². The standard InChI is InChI=1S/C14H29NO/c1-3-16-12-8-11-15-13(2)14-9-6-4-5-7-10-14/h13-15H,3-12H2,1-2H3/t13-/m0/s1. The van der Waals surface area contributed by atoms with E-state index < -0.39 is 0 Å². The SMILES string of the molecule is CCOCCCN[C@@H](C)C1CCCCCC1. The predicted molar refractivity (Wildman–Crippen MR) is 69.8 cm³/mol. The average molecular weight is 227 g/mol. The summed E-state index contributed by atoms with van der Waals surface area (Å²) < 4.78 is 5.34. The summed E-state index contributed by atoms with van der Waals surface area (Å²) in [7, 11) is 0. The van der Waals surface area contributed by atoms with Crippen molar-refractivity contribution in [2.24, 2.45) is 5.92 Å². The van der Waals surface area contributed by atoms with Gasteiger partial charge in [-0.2, -0.15) is 0 Å². The van der Waals surface area contributed by atoms with Gasteiger partial charge in [0.25, 0.3) is 0 Å².